The molecule has 0 spiro atoms. The molecule has 6 nitrogen and oxygen atoms in total. The van der Waals surface area contributed by atoms with Crippen LogP contribution in [0.15, 0.2) is 5.16 Å². The summed E-state index contributed by atoms with van der Waals surface area (Å²) in [6.07, 6.45) is 1.75. The monoisotopic (exact) mass is 186 g/mol. The summed E-state index contributed by atoms with van der Waals surface area (Å²) in [7, 11) is 0. The van der Waals surface area contributed by atoms with E-state index in [1.54, 1.807) is 0 Å². The van der Waals surface area contributed by atoms with Crippen molar-refractivity contribution in [3.05, 3.63) is 0 Å². The predicted molar refractivity (Wildman–Crippen MR) is 47.4 cm³/mol. The van der Waals surface area contributed by atoms with Gasteiger partial charge in [0.2, 0.25) is 5.91 Å². The molecule has 0 saturated carbocycles. The van der Waals surface area contributed by atoms with Crippen molar-refractivity contribution in [2.75, 3.05) is 13.1 Å². The molecule has 0 aromatic carbocycles. The Labute approximate surface area is 76.2 Å². The van der Waals surface area contributed by atoms with Crippen molar-refractivity contribution in [2.24, 2.45) is 10.9 Å². The molecule has 1 aliphatic rings. The van der Waals surface area contributed by atoms with E-state index in [1.165, 1.54) is 0 Å². The fourth-order valence-electron chi connectivity index (χ4n) is 1.23. The quantitative estimate of drug-likeness (QED) is 0.188. The Kier molecular flexibility index (Phi) is 3.51. The summed E-state index contributed by atoms with van der Waals surface area (Å²) in [5.41, 5.74) is 5.24. The molecule has 1 fully saturated rings. The van der Waals surface area contributed by atoms with Crippen LogP contribution in [-0.2, 0) is 4.79 Å². The third-order valence-corrected chi connectivity index (χ3v) is 1.94. The van der Waals surface area contributed by atoms with Gasteiger partial charge in [0, 0.05) is 6.54 Å². The number of nitrogens with one attached hydrogen (secondary N) is 2. The van der Waals surface area contributed by atoms with Crippen molar-refractivity contribution in [1.82, 2.24) is 10.6 Å². The van der Waals surface area contributed by atoms with Gasteiger partial charge in [-0.25, -0.2) is 0 Å². The van der Waals surface area contributed by atoms with Crippen LogP contribution in [0.25, 0.3) is 0 Å². The molecule has 0 aliphatic carbocycles. The maximum absolute atomic E-state index is 11.2. The Bertz CT molecular complexity index is 217. The highest BCUT2D eigenvalue weighted by Crippen LogP contribution is 2.01. The highest BCUT2D eigenvalue weighted by Gasteiger charge is 2.20. The van der Waals surface area contributed by atoms with Crippen LogP contribution in [0.1, 0.15) is 12.8 Å². The zero-order valence-corrected chi connectivity index (χ0v) is 7.29. The van der Waals surface area contributed by atoms with Crippen molar-refractivity contribution < 1.29 is 10.0 Å². The van der Waals surface area contributed by atoms with E-state index in [1.807, 2.05) is 0 Å². The second-order valence-electron chi connectivity index (χ2n) is 2.96. The van der Waals surface area contributed by atoms with Gasteiger partial charge in [-0.15, -0.1) is 0 Å². The smallest absolute Gasteiger partial charge is 0.237 e. The number of hydrogen-bond acceptors (Lipinski definition) is 4. The van der Waals surface area contributed by atoms with Gasteiger partial charge < -0.3 is 16.3 Å². The van der Waals surface area contributed by atoms with Gasteiger partial charge in [0.15, 0.2) is 5.84 Å². The van der Waals surface area contributed by atoms with Crippen LogP contribution in [0.5, 0.6) is 0 Å². The van der Waals surface area contributed by atoms with Gasteiger partial charge in [0.25, 0.3) is 0 Å². The molecule has 13 heavy (non-hydrogen) atoms. The molecule has 1 amide bonds. The molecule has 0 bridgehead atoms. The number of oxime groups is 1. The molecule has 0 aromatic heterocycles. The van der Waals surface area contributed by atoms with Crippen molar-refractivity contribution in [3.63, 3.8) is 0 Å². The lowest BCUT2D eigenvalue weighted by molar-refractivity contribution is -0.124. The molecule has 1 rings (SSSR count). The minimum atomic E-state index is -0.214. The number of amidine groups is 1. The Hall–Kier alpha value is -1.30. The molecule has 5 N–H and O–H groups in total. The standard InChI is InChI=1S/C7H14N4O2/c8-6(11-13)4-10-5-2-1-3-9-7(5)12/h5,10,13H,1-4H2,(H2,8,11)(H,9,12). The molecule has 0 radical (unpaired) electrons. The largest absolute Gasteiger partial charge is 0.409 e. The summed E-state index contributed by atoms with van der Waals surface area (Å²) in [6.45, 7) is 0.967. The number of carbonyl (C=O) groups excluding carboxylic acids is 1. The van der Waals surface area contributed by atoms with E-state index in [2.05, 4.69) is 15.8 Å². The zero-order valence-electron chi connectivity index (χ0n) is 7.29. The molecule has 74 valence electrons. The normalized spacial score (nSPS) is 24.2. The van der Waals surface area contributed by atoms with Gasteiger partial charge in [0.05, 0.1) is 12.6 Å². The summed E-state index contributed by atoms with van der Waals surface area (Å²) in [5, 5.41) is 16.7. The van der Waals surface area contributed by atoms with Crippen LogP contribution >= 0.6 is 0 Å². The van der Waals surface area contributed by atoms with Gasteiger partial charge in [-0.05, 0) is 12.8 Å². The number of piperidine rings is 1. The number of nitrogens with zero attached hydrogens (tertiary/aromatic N) is 1. The maximum Gasteiger partial charge on any atom is 0.237 e. The van der Waals surface area contributed by atoms with Crippen molar-refractivity contribution in [1.29, 1.82) is 0 Å². The van der Waals surface area contributed by atoms with Gasteiger partial charge in [0.1, 0.15) is 0 Å². The molecule has 1 aliphatic heterocycles. The number of carbonyl (C=O) groups is 1. The molecule has 0 aromatic rings. The third-order valence-electron chi connectivity index (χ3n) is 1.94. The predicted octanol–water partition coefficient (Wildman–Crippen LogP) is -1.40. The summed E-state index contributed by atoms with van der Waals surface area (Å²) in [6, 6.07) is -0.214. The van der Waals surface area contributed by atoms with E-state index >= 15 is 0 Å². The summed E-state index contributed by atoms with van der Waals surface area (Å²) >= 11 is 0. The van der Waals surface area contributed by atoms with Gasteiger partial charge in [-0.1, -0.05) is 5.16 Å². The molecule has 1 saturated heterocycles. The minimum Gasteiger partial charge on any atom is -0.409 e. The fourth-order valence-corrected chi connectivity index (χ4v) is 1.23. The van der Waals surface area contributed by atoms with Gasteiger partial charge in [-0.3, -0.25) is 10.1 Å². The SMILES string of the molecule is NC(CNC1CCCNC1=O)=NO. The average molecular weight is 186 g/mol. The van der Waals surface area contributed by atoms with E-state index in [4.69, 9.17) is 10.9 Å². The van der Waals surface area contributed by atoms with Gasteiger partial charge >= 0.3 is 0 Å². The van der Waals surface area contributed by atoms with E-state index in [0.29, 0.717) is 0 Å². The molecule has 1 atom stereocenters. The second kappa shape index (κ2) is 4.66. The Balaban J connectivity index is 2.31. The van der Waals surface area contributed by atoms with Crippen molar-refractivity contribution >= 4 is 11.7 Å². The van der Waals surface area contributed by atoms with Crippen LogP contribution in [-0.4, -0.2) is 36.1 Å². The fraction of sp³-hybridized carbons (Fsp3) is 0.714. The van der Waals surface area contributed by atoms with Crippen molar-refractivity contribution in [2.45, 2.75) is 18.9 Å². The van der Waals surface area contributed by atoms with Gasteiger partial charge in [-0.2, -0.15) is 0 Å². The Morgan fingerprint density at radius 2 is 2.62 bits per heavy atom. The van der Waals surface area contributed by atoms with E-state index in [-0.39, 0.29) is 24.3 Å². The lowest BCUT2D eigenvalue weighted by atomic mass is 10.1. The number of amides is 1. The van der Waals surface area contributed by atoms with Crippen LogP contribution in [0, 0.1) is 0 Å². The van der Waals surface area contributed by atoms with Crippen LogP contribution in [0.4, 0.5) is 0 Å². The number of hydrogen-bond donors (Lipinski definition) is 4. The zero-order chi connectivity index (χ0) is 9.68. The highest BCUT2D eigenvalue weighted by molar-refractivity contribution is 5.85. The van der Waals surface area contributed by atoms with Crippen molar-refractivity contribution in [3.8, 4) is 0 Å². The lowest BCUT2D eigenvalue weighted by Gasteiger charge is -2.22. The van der Waals surface area contributed by atoms with E-state index in [0.717, 1.165) is 19.4 Å². The molecule has 6 heteroatoms. The topological polar surface area (TPSA) is 99.7 Å². The van der Waals surface area contributed by atoms with E-state index in [9.17, 15) is 4.79 Å². The second-order valence-corrected chi connectivity index (χ2v) is 2.96. The first-order chi connectivity index (χ1) is 6.24. The molecular weight excluding hydrogens is 172 g/mol. The number of nitrogens with two attached hydrogens (primary N) is 1. The molecular formula is C7H14N4O2. The first kappa shape index (κ1) is 9.79. The molecule has 1 unspecified atom stereocenters. The average Bonchev–Trinajstić information content (AvgIpc) is 2.16. The highest BCUT2D eigenvalue weighted by atomic mass is 16.4. The first-order valence-corrected chi connectivity index (χ1v) is 4.21. The van der Waals surface area contributed by atoms with E-state index < -0.39 is 0 Å². The Morgan fingerprint density at radius 1 is 1.85 bits per heavy atom. The number of rotatable bonds is 3. The minimum absolute atomic E-state index is 0.0167. The maximum atomic E-state index is 11.2. The summed E-state index contributed by atoms with van der Waals surface area (Å²) in [4.78, 5) is 11.2. The van der Waals surface area contributed by atoms with Crippen LogP contribution < -0.4 is 16.4 Å². The van der Waals surface area contributed by atoms with Crippen LogP contribution in [0.2, 0.25) is 0 Å². The summed E-state index contributed by atoms with van der Waals surface area (Å²) in [5.74, 6) is 0.0652. The Morgan fingerprint density at radius 3 is 3.23 bits per heavy atom. The first-order valence-electron chi connectivity index (χ1n) is 4.21. The van der Waals surface area contributed by atoms with Crippen LogP contribution in [0.3, 0.4) is 0 Å². The molecule has 1 heterocycles. The summed E-state index contributed by atoms with van der Waals surface area (Å²) < 4.78 is 0. The lowest BCUT2D eigenvalue weighted by Crippen LogP contribution is -2.50. The third kappa shape index (κ3) is 2.90.